The van der Waals surface area contributed by atoms with Crippen LogP contribution in [0.25, 0.3) is 0 Å². The maximum absolute atomic E-state index is 12.8. The molecule has 1 N–H and O–H groups in total. The minimum absolute atomic E-state index is 0.151. The van der Waals surface area contributed by atoms with Gasteiger partial charge in [0.1, 0.15) is 12.1 Å². The van der Waals surface area contributed by atoms with E-state index in [1.54, 1.807) is 26.8 Å². The predicted molar refractivity (Wildman–Crippen MR) is 74.4 cm³/mol. The molecule has 0 bridgehead atoms. The molecule has 0 aromatic carbocycles. The Balaban J connectivity index is 2.45. The lowest BCUT2D eigenvalue weighted by Gasteiger charge is -2.40. The number of nitrogens with zero attached hydrogens (tertiary/aromatic N) is 3. The maximum atomic E-state index is 12.8. The minimum atomic E-state index is -1.09. The zero-order valence-electron chi connectivity index (χ0n) is 12.6. The van der Waals surface area contributed by atoms with E-state index in [1.165, 1.54) is 4.90 Å². The summed E-state index contributed by atoms with van der Waals surface area (Å²) in [5, 5.41) is 10.2. The van der Waals surface area contributed by atoms with Gasteiger partial charge in [-0.25, -0.2) is 0 Å². The molecule has 2 heterocycles. The Labute approximate surface area is 122 Å². The van der Waals surface area contributed by atoms with Gasteiger partial charge in [0, 0.05) is 0 Å². The number of aromatic nitrogens is 2. The van der Waals surface area contributed by atoms with E-state index in [9.17, 15) is 14.4 Å². The summed E-state index contributed by atoms with van der Waals surface area (Å²) in [6.45, 7) is 6.68. The zero-order valence-corrected chi connectivity index (χ0v) is 12.6. The van der Waals surface area contributed by atoms with Crippen LogP contribution in [0.3, 0.4) is 0 Å². The summed E-state index contributed by atoms with van der Waals surface area (Å²) < 4.78 is 0. The van der Waals surface area contributed by atoms with Crippen LogP contribution in [-0.2, 0) is 16.0 Å². The fourth-order valence-electron chi connectivity index (χ4n) is 2.21. The van der Waals surface area contributed by atoms with E-state index in [1.807, 2.05) is 6.92 Å². The van der Waals surface area contributed by atoms with Gasteiger partial charge < -0.3 is 4.90 Å². The van der Waals surface area contributed by atoms with Crippen molar-refractivity contribution in [1.29, 1.82) is 0 Å². The van der Waals surface area contributed by atoms with E-state index in [2.05, 4.69) is 15.5 Å². The molecular formula is C14H18N4O3. The number of hydrogen-bond acceptors (Lipinski definition) is 5. The molecule has 2 rings (SSSR count). The van der Waals surface area contributed by atoms with E-state index in [-0.39, 0.29) is 12.5 Å². The van der Waals surface area contributed by atoms with E-state index in [0.717, 1.165) is 0 Å². The second kappa shape index (κ2) is 5.23. The highest BCUT2D eigenvalue weighted by Gasteiger charge is 2.44. The Morgan fingerprint density at radius 2 is 2.05 bits per heavy atom. The van der Waals surface area contributed by atoms with Crippen LogP contribution in [0.2, 0.25) is 0 Å². The topological polar surface area (TPSA) is 92.3 Å². The summed E-state index contributed by atoms with van der Waals surface area (Å²) in [6, 6.07) is 1.64. The summed E-state index contributed by atoms with van der Waals surface area (Å²) in [7, 11) is 0. The molecule has 0 unspecified atom stereocenters. The number of carbonyl (C=O) groups excluding carboxylic acids is 3. The Morgan fingerprint density at radius 1 is 1.38 bits per heavy atom. The zero-order chi connectivity index (χ0) is 15.8. The molecule has 0 atom stereocenters. The van der Waals surface area contributed by atoms with Crippen LogP contribution in [0.15, 0.2) is 6.07 Å². The van der Waals surface area contributed by atoms with Crippen molar-refractivity contribution in [3.8, 4) is 0 Å². The second-order valence-electron chi connectivity index (χ2n) is 5.53. The number of amides is 3. The largest absolute Gasteiger partial charge is 0.315 e. The molecule has 0 radical (unpaired) electrons. The smallest absolute Gasteiger partial charge is 0.257 e. The van der Waals surface area contributed by atoms with Crippen molar-refractivity contribution in [1.82, 2.24) is 20.4 Å². The first kappa shape index (κ1) is 15.1. The molecule has 0 saturated carbocycles. The van der Waals surface area contributed by atoms with Gasteiger partial charge in [-0.15, -0.1) is 0 Å². The van der Waals surface area contributed by atoms with Crippen LogP contribution in [0, 0.1) is 6.92 Å². The normalized spacial score (nSPS) is 17.6. The van der Waals surface area contributed by atoms with E-state index >= 15 is 0 Å². The lowest BCUT2D eigenvalue weighted by atomic mass is 9.96. The van der Waals surface area contributed by atoms with Gasteiger partial charge in [0.2, 0.25) is 5.91 Å². The summed E-state index contributed by atoms with van der Waals surface area (Å²) >= 11 is 0. The SMILES string of the molecule is CCc1nnc(C)cc1C(=O)N1CC(=O)NC(=O)C1(C)C. The van der Waals surface area contributed by atoms with Crippen molar-refractivity contribution < 1.29 is 14.4 Å². The fraction of sp³-hybridized carbons (Fsp3) is 0.500. The Kier molecular flexibility index (Phi) is 3.76. The molecule has 1 aliphatic heterocycles. The first-order valence-corrected chi connectivity index (χ1v) is 6.76. The van der Waals surface area contributed by atoms with Crippen LogP contribution >= 0.6 is 0 Å². The lowest BCUT2D eigenvalue weighted by Crippen LogP contribution is -2.65. The van der Waals surface area contributed by atoms with Gasteiger partial charge in [-0.1, -0.05) is 6.92 Å². The fourth-order valence-corrected chi connectivity index (χ4v) is 2.21. The summed E-state index contributed by atoms with van der Waals surface area (Å²) in [4.78, 5) is 37.6. The quantitative estimate of drug-likeness (QED) is 0.787. The Hall–Kier alpha value is -2.31. The second-order valence-corrected chi connectivity index (χ2v) is 5.53. The van der Waals surface area contributed by atoms with Crippen LogP contribution in [0.1, 0.15) is 42.5 Å². The molecule has 0 spiro atoms. The standard InChI is InChI=1S/C14H18N4O3/c1-5-10-9(6-8(2)16-17-10)12(20)18-7-11(19)15-13(21)14(18,3)4/h6H,5,7H2,1-4H3,(H,15,19,21). The number of aryl methyl sites for hydroxylation is 2. The number of imide groups is 1. The number of piperazine rings is 1. The van der Waals surface area contributed by atoms with E-state index in [0.29, 0.717) is 23.4 Å². The molecule has 112 valence electrons. The van der Waals surface area contributed by atoms with Gasteiger partial charge in [-0.3, -0.25) is 19.7 Å². The molecular weight excluding hydrogens is 272 g/mol. The highest BCUT2D eigenvalue weighted by molar-refractivity contribution is 6.09. The molecule has 1 aliphatic rings. The van der Waals surface area contributed by atoms with Crippen molar-refractivity contribution in [2.24, 2.45) is 0 Å². The minimum Gasteiger partial charge on any atom is -0.315 e. The van der Waals surface area contributed by atoms with Crippen molar-refractivity contribution in [2.75, 3.05) is 6.54 Å². The third-order valence-corrected chi connectivity index (χ3v) is 3.59. The first-order chi connectivity index (χ1) is 9.77. The van der Waals surface area contributed by atoms with Crippen LogP contribution in [0.4, 0.5) is 0 Å². The molecule has 1 saturated heterocycles. The van der Waals surface area contributed by atoms with Gasteiger partial charge >= 0.3 is 0 Å². The number of nitrogens with one attached hydrogen (secondary N) is 1. The van der Waals surface area contributed by atoms with Crippen molar-refractivity contribution >= 4 is 17.7 Å². The average molecular weight is 290 g/mol. The van der Waals surface area contributed by atoms with Crippen molar-refractivity contribution in [3.63, 3.8) is 0 Å². The lowest BCUT2D eigenvalue weighted by molar-refractivity contribution is -0.143. The highest BCUT2D eigenvalue weighted by atomic mass is 16.2. The Bertz CT molecular complexity index is 625. The third kappa shape index (κ3) is 2.63. The average Bonchev–Trinajstić information content (AvgIpc) is 2.42. The van der Waals surface area contributed by atoms with Gasteiger partial charge in [-0.2, -0.15) is 10.2 Å². The van der Waals surface area contributed by atoms with Gasteiger partial charge in [-0.05, 0) is 33.3 Å². The number of rotatable bonds is 2. The van der Waals surface area contributed by atoms with Gasteiger partial charge in [0.05, 0.1) is 17.0 Å². The molecule has 1 fully saturated rings. The van der Waals surface area contributed by atoms with Gasteiger partial charge in [0.15, 0.2) is 0 Å². The molecule has 21 heavy (non-hydrogen) atoms. The third-order valence-electron chi connectivity index (χ3n) is 3.59. The first-order valence-electron chi connectivity index (χ1n) is 6.76. The van der Waals surface area contributed by atoms with E-state index < -0.39 is 17.4 Å². The van der Waals surface area contributed by atoms with Crippen LogP contribution in [0.5, 0.6) is 0 Å². The maximum Gasteiger partial charge on any atom is 0.257 e. The molecule has 7 heteroatoms. The summed E-state index contributed by atoms with van der Waals surface area (Å²) in [5.74, 6) is -1.34. The Morgan fingerprint density at radius 3 is 2.67 bits per heavy atom. The van der Waals surface area contributed by atoms with Crippen LogP contribution < -0.4 is 5.32 Å². The number of hydrogen-bond donors (Lipinski definition) is 1. The molecule has 0 aliphatic carbocycles. The van der Waals surface area contributed by atoms with Gasteiger partial charge in [0.25, 0.3) is 11.8 Å². The van der Waals surface area contributed by atoms with E-state index in [4.69, 9.17) is 0 Å². The van der Waals surface area contributed by atoms with Crippen molar-refractivity contribution in [2.45, 2.75) is 39.7 Å². The van der Waals surface area contributed by atoms with Crippen LogP contribution in [-0.4, -0.2) is 44.9 Å². The molecule has 1 aromatic heterocycles. The molecule has 3 amide bonds. The highest BCUT2D eigenvalue weighted by Crippen LogP contribution is 2.22. The predicted octanol–water partition coefficient (Wildman–Crippen LogP) is 0.225. The molecule has 1 aromatic rings. The summed E-state index contributed by atoms with van der Waals surface area (Å²) in [6.07, 6.45) is 0.544. The monoisotopic (exact) mass is 290 g/mol. The molecule has 7 nitrogen and oxygen atoms in total. The summed E-state index contributed by atoms with van der Waals surface area (Å²) in [5.41, 5.74) is 0.467. The van der Waals surface area contributed by atoms with Crippen molar-refractivity contribution in [3.05, 3.63) is 23.0 Å². The number of carbonyl (C=O) groups is 3.